The number of fused-ring (bicyclic) bond motifs is 1. The van der Waals surface area contributed by atoms with Gasteiger partial charge in [-0.15, -0.1) is 0 Å². The van der Waals surface area contributed by atoms with Gasteiger partial charge in [-0.3, -0.25) is 14.5 Å². The first-order valence-corrected chi connectivity index (χ1v) is 14.0. The van der Waals surface area contributed by atoms with E-state index in [9.17, 15) is 9.59 Å². The van der Waals surface area contributed by atoms with Crippen LogP contribution >= 0.6 is 27.7 Å². The summed E-state index contributed by atoms with van der Waals surface area (Å²) in [5.41, 5.74) is 2.93. The number of hydrogen-bond donors (Lipinski definition) is 0. The molecule has 0 saturated carbocycles. The van der Waals surface area contributed by atoms with Crippen molar-refractivity contribution < 1.29 is 23.8 Å². The Morgan fingerprint density at radius 2 is 1.69 bits per heavy atom. The predicted molar refractivity (Wildman–Crippen MR) is 158 cm³/mol. The fraction of sp³-hybridized carbons (Fsp3) is 0.161. The molecule has 1 heterocycles. The van der Waals surface area contributed by atoms with Gasteiger partial charge >= 0.3 is 0 Å². The van der Waals surface area contributed by atoms with E-state index in [1.54, 1.807) is 19.3 Å². The Morgan fingerprint density at radius 3 is 2.49 bits per heavy atom. The number of nitrogens with zero attached hydrogens (tertiary/aromatic N) is 1. The zero-order valence-electron chi connectivity index (χ0n) is 21.5. The molecule has 4 aromatic rings. The number of thioether (sulfide) groups is 1. The van der Waals surface area contributed by atoms with Crippen LogP contribution in [0.2, 0.25) is 0 Å². The topological polar surface area (TPSA) is 65.1 Å². The lowest BCUT2D eigenvalue weighted by Crippen LogP contribution is -2.32. The third-order valence-electron chi connectivity index (χ3n) is 6.25. The van der Waals surface area contributed by atoms with E-state index >= 15 is 0 Å². The van der Waals surface area contributed by atoms with Gasteiger partial charge in [-0.1, -0.05) is 66.2 Å². The van der Waals surface area contributed by atoms with Gasteiger partial charge < -0.3 is 14.2 Å². The molecule has 0 aliphatic carbocycles. The summed E-state index contributed by atoms with van der Waals surface area (Å²) in [5, 5.41) is 1.73. The molecule has 1 saturated heterocycles. The van der Waals surface area contributed by atoms with Crippen LogP contribution < -0.4 is 14.2 Å². The van der Waals surface area contributed by atoms with Crippen LogP contribution in [0.3, 0.4) is 0 Å². The highest BCUT2D eigenvalue weighted by atomic mass is 79.9. The van der Waals surface area contributed by atoms with Crippen LogP contribution in [-0.2, 0) is 11.4 Å². The van der Waals surface area contributed by atoms with E-state index in [0.29, 0.717) is 33.0 Å². The van der Waals surface area contributed by atoms with Crippen LogP contribution in [-0.4, -0.2) is 36.3 Å². The largest absolute Gasteiger partial charge is 0.493 e. The molecule has 6 nitrogen and oxygen atoms in total. The SMILES string of the molecule is COc1cc(/C=C2\SC(=O)N(CCOc3cccc4ccccc34)C2=O)cc(Br)c1OCc1ccc(C)cc1. The van der Waals surface area contributed by atoms with Gasteiger partial charge in [0.15, 0.2) is 11.5 Å². The lowest BCUT2D eigenvalue weighted by molar-refractivity contribution is -0.123. The predicted octanol–water partition coefficient (Wildman–Crippen LogP) is 7.61. The number of hydrogen-bond acceptors (Lipinski definition) is 6. The van der Waals surface area contributed by atoms with Crippen molar-refractivity contribution in [3.63, 3.8) is 0 Å². The summed E-state index contributed by atoms with van der Waals surface area (Å²) >= 11 is 4.48. The molecule has 1 fully saturated rings. The summed E-state index contributed by atoms with van der Waals surface area (Å²) in [6.45, 7) is 2.78. The van der Waals surface area contributed by atoms with Crippen LogP contribution in [0.25, 0.3) is 16.8 Å². The van der Waals surface area contributed by atoms with Crippen molar-refractivity contribution in [2.75, 3.05) is 20.3 Å². The minimum absolute atomic E-state index is 0.157. The number of carbonyl (C=O) groups is 2. The van der Waals surface area contributed by atoms with Crippen molar-refractivity contribution in [3.05, 3.63) is 105 Å². The molecule has 1 aliphatic heterocycles. The number of imide groups is 1. The minimum atomic E-state index is -0.346. The van der Waals surface area contributed by atoms with Crippen molar-refractivity contribution in [1.82, 2.24) is 4.90 Å². The van der Waals surface area contributed by atoms with Gasteiger partial charge in [0.2, 0.25) is 0 Å². The smallest absolute Gasteiger partial charge is 0.293 e. The summed E-state index contributed by atoms with van der Waals surface area (Å²) < 4.78 is 18.2. The van der Waals surface area contributed by atoms with Gasteiger partial charge in [0.1, 0.15) is 19.0 Å². The van der Waals surface area contributed by atoms with Gasteiger partial charge in [-0.2, -0.15) is 0 Å². The number of amides is 2. The molecule has 0 atom stereocenters. The number of ether oxygens (including phenoxy) is 3. The molecule has 0 aromatic heterocycles. The Balaban J connectivity index is 1.26. The molecule has 1 aliphatic rings. The number of methoxy groups -OCH3 is 1. The first kappa shape index (κ1) is 26.8. The summed E-state index contributed by atoms with van der Waals surface area (Å²) in [6, 6.07) is 25.5. The second-order valence-electron chi connectivity index (χ2n) is 8.97. The summed E-state index contributed by atoms with van der Waals surface area (Å²) in [6.07, 6.45) is 1.69. The number of aryl methyl sites for hydroxylation is 1. The summed E-state index contributed by atoms with van der Waals surface area (Å²) in [5.74, 6) is 1.46. The Hall–Kier alpha value is -3.75. The molecule has 39 heavy (non-hydrogen) atoms. The molecule has 0 unspecified atom stereocenters. The van der Waals surface area contributed by atoms with Crippen LogP contribution in [0.15, 0.2) is 88.2 Å². The zero-order valence-corrected chi connectivity index (χ0v) is 23.9. The molecule has 198 valence electrons. The number of halogens is 1. The third-order valence-corrected chi connectivity index (χ3v) is 7.75. The van der Waals surface area contributed by atoms with E-state index < -0.39 is 0 Å². The van der Waals surface area contributed by atoms with Gasteiger partial charge in [0.25, 0.3) is 11.1 Å². The minimum Gasteiger partial charge on any atom is -0.493 e. The Morgan fingerprint density at radius 1 is 0.923 bits per heavy atom. The van der Waals surface area contributed by atoms with Gasteiger partial charge in [0, 0.05) is 5.39 Å². The summed E-state index contributed by atoms with van der Waals surface area (Å²) in [7, 11) is 1.56. The van der Waals surface area contributed by atoms with E-state index in [2.05, 4.69) is 15.9 Å². The van der Waals surface area contributed by atoms with Crippen molar-refractivity contribution >= 4 is 55.7 Å². The van der Waals surface area contributed by atoms with Crippen LogP contribution in [0.5, 0.6) is 17.2 Å². The Bertz CT molecular complexity index is 1560. The maximum Gasteiger partial charge on any atom is 0.293 e. The first-order chi connectivity index (χ1) is 18.9. The standard InChI is InChI=1S/C31H26BrNO5S/c1-20-10-12-21(13-11-20)19-38-29-25(32)16-22(17-27(29)36-2)18-28-30(34)33(31(35)39-28)14-15-37-26-9-5-7-23-6-3-4-8-24(23)26/h3-13,16-18H,14-15,19H2,1-2H3/b28-18-. The van der Waals surface area contributed by atoms with Crippen molar-refractivity contribution in [2.45, 2.75) is 13.5 Å². The average Bonchev–Trinajstić information content (AvgIpc) is 3.20. The van der Waals surface area contributed by atoms with Gasteiger partial charge in [-0.25, -0.2) is 0 Å². The van der Waals surface area contributed by atoms with E-state index in [1.165, 1.54) is 10.5 Å². The number of carbonyl (C=O) groups excluding carboxylic acids is 2. The third kappa shape index (κ3) is 6.13. The van der Waals surface area contributed by atoms with Crippen LogP contribution in [0, 0.1) is 6.92 Å². The van der Waals surface area contributed by atoms with Crippen LogP contribution in [0.1, 0.15) is 16.7 Å². The molecule has 5 rings (SSSR count). The Kier molecular flexibility index (Phi) is 8.24. The van der Waals surface area contributed by atoms with Crippen LogP contribution in [0.4, 0.5) is 4.79 Å². The molecule has 0 N–H and O–H groups in total. The fourth-order valence-corrected chi connectivity index (χ4v) is 5.65. The Labute approximate surface area is 239 Å². The maximum atomic E-state index is 13.1. The second-order valence-corrected chi connectivity index (χ2v) is 10.8. The molecular formula is C31H26BrNO5S. The number of benzene rings is 4. The van der Waals surface area contributed by atoms with Crippen molar-refractivity contribution in [2.24, 2.45) is 0 Å². The molecular weight excluding hydrogens is 578 g/mol. The average molecular weight is 605 g/mol. The highest BCUT2D eigenvalue weighted by Crippen LogP contribution is 2.39. The fourth-order valence-electron chi connectivity index (χ4n) is 4.22. The van der Waals surface area contributed by atoms with E-state index in [0.717, 1.165) is 33.8 Å². The van der Waals surface area contributed by atoms with E-state index in [4.69, 9.17) is 14.2 Å². The first-order valence-electron chi connectivity index (χ1n) is 12.3. The van der Waals surface area contributed by atoms with Crippen molar-refractivity contribution in [3.8, 4) is 17.2 Å². The van der Waals surface area contributed by atoms with Gasteiger partial charge in [-0.05, 0) is 75.4 Å². The maximum absolute atomic E-state index is 13.1. The van der Waals surface area contributed by atoms with Gasteiger partial charge in [0.05, 0.1) is 23.0 Å². The van der Waals surface area contributed by atoms with E-state index in [1.807, 2.05) is 79.7 Å². The van der Waals surface area contributed by atoms with Crippen molar-refractivity contribution in [1.29, 1.82) is 0 Å². The highest BCUT2D eigenvalue weighted by Gasteiger charge is 2.35. The molecule has 0 radical (unpaired) electrons. The molecule has 2 amide bonds. The highest BCUT2D eigenvalue weighted by molar-refractivity contribution is 9.10. The monoisotopic (exact) mass is 603 g/mol. The lowest BCUT2D eigenvalue weighted by Gasteiger charge is -2.15. The number of rotatable bonds is 9. The summed E-state index contributed by atoms with van der Waals surface area (Å²) in [4.78, 5) is 27.3. The molecule has 4 aromatic carbocycles. The molecule has 0 bridgehead atoms. The molecule has 0 spiro atoms. The zero-order chi connectivity index (χ0) is 27.4. The quantitative estimate of drug-likeness (QED) is 0.183. The lowest BCUT2D eigenvalue weighted by atomic mass is 10.1. The van der Waals surface area contributed by atoms with E-state index in [-0.39, 0.29) is 24.3 Å². The normalized spacial score (nSPS) is 14.3. The second kappa shape index (κ2) is 12.0. The molecule has 8 heteroatoms.